The molecule has 0 heterocycles. The normalized spacial score (nSPS) is 12.1. The molecule has 0 radical (unpaired) electrons. The molecular weight excluding hydrogens is 224 g/mol. The molecule has 1 unspecified atom stereocenters. The van der Waals surface area contributed by atoms with Gasteiger partial charge in [0, 0.05) is 12.6 Å². The molecule has 4 N–H and O–H groups in total. The van der Waals surface area contributed by atoms with E-state index in [0.29, 0.717) is 13.2 Å². The van der Waals surface area contributed by atoms with Gasteiger partial charge in [-0.25, -0.2) is 0 Å². The van der Waals surface area contributed by atoms with Crippen molar-refractivity contribution in [2.24, 2.45) is 11.5 Å². The zero-order valence-corrected chi connectivity index (χ0v) is 10.3. The highest BCUT2D eigenvalue weighted by Crippen LogP contribution is 2.18. The fourth-order valence-corrected chi connectivity index (χ4v) is 1.71. The third-order valence-electron chi connectivity index (χ3n) is 2.79. The largest absolute Gasteiger partial charge is 0.489 e. The van der Waals surface area contributed by atoms with Crippen molar-refractivity contribution >= 4 is 0 Å². The van der Waals surface area contributed by atoms with Crippen LogP contribution < -0.4 is 16.2 Å². The summed E-state index contributed by atoms with van der Waals surface area (Å²) in [5.41, 5.74) is 13.6. The summed E-state index contributed by atoms with van der Waals surface area (Å²) in [4.78, 5) is 0. The third-order valence-corrected chi connectivity index (χ3v) is 2.79. The van der Waals surface area contributed by atoms with Crippen molar-refractivity contribution < 1.29 is 4.74 Å². The molecule has 0 saturated carbocycles. The Morgan fingerprint density at radius 3 is 2.50 bits per heavy atom. The van der Waals surface area contributed by atoms with Crippen molar-refractivity contribution in [3.63, 3.8) is 0 Å². The van der Waals surface area contributed by atoms with Gasteiger partial charge in [0.2, 0.25) is 0 Å². The third kappa shape index (κ3) is 3.32. The van der Waals surface area contributed by atoms with Crippen molar-refractivity contribution in [2.45, 2.75) is 12.6 Å². The maximum absolute atomic E-state index is 5.89. The van der Waals surface area contributed by atoms with Gasteiger partial charge in [-0.2, -0.15) is 0 Å². The molecule has 0 saturated heterocycles. The summed E-state index contributed by atoms with van der Waals surface area (Å²) >= 11 is 0. The fourth-order valence-electron chi connectivity index (χ4n) is 1.71. The maximum atomic E-state index is 5.89. The van der Waals surface area contributed by atoms with E-state index in [4.69, 9.17) is 16.2 Å². The molecular formula is C15H18N2O. The molecule has 18 heavy (non-hydrogen) atoms. The van der Waals surface area contributed by atoms with Crippen LogP contribution in [0, 0.1) is 0 Å². The number of rotatable bonds is 5. The summed E-state index contributed by atoms with van der Waals surface area (Å²) in [6.07, 6.45) is 0. The van der Waals surface area contributed by atoms with Crippen molar-refractivity contribution in [2.75, 3.05) is 6.54 Å². The smallest absolute Gasteiger partial charge is 0.120 e. The van der Waals surface area contributed by atoms with Gasteiger partial charge in [0.1, 0.15) is 12.4 Å². The minimum Gasteiger partial charge on any atom is -0.489 e. The first-order valence-corrected chi connectivity index (χ1v) is 6.02. The second-order valence-corrected chi connectivity index (χ2v) is 4.19. The first-order chi connectivity index (χ1) is 8.79. The molecule has 0 spiro atoms. The summed E-state index contributed by atoms with van der Waals surface area (Å²) in [5.74, 6) is 0.820. The standard InChI is InChI=1S/C15H18N2O/c16-10-15(17)13-7-4-8-14(9-13)18-11-12-5-2-1-3-6-12/h1-9,15H,10-11,16-17H2. The molecule has 2 rings (SSSR count). The second kappa shape index (κ2) is 6.19. The molecule has 0 amide bonds. The van der Waals surface area contributed by atoms with E-state index in [1.165, 1.54) is 0 Å². The Morgan fingerprint density at radius 2 is 1.78 bits per heavy atom. The number of hydrogen-bond donors (Lipinski definition) is 2. The second-order valence-electron chi connectivity index (χ2n) is 4.19. The number of nitrogens with two attached hydrogens (primary N) is 2. The van der Waals surface area contributed by atoms with Crippen molar-refractivity contribution in [1.82, 2.24) is 0 Å². The molecule has 0 aromatic heterocycles. The number of ether oxygens (including phenoxy) is 1. The van der Waals surface area contributed by atoms with E-state index in [1.54, 1.807) is 0 Å². The highest BCUT2D eigenvalue weighted by molar-refractivity contribution is 5.31. The lowest BCUT2D eigenvalue weighted by Gasteiger charge is -2.11. The van der Waals surface area contributed by atoms with E-state index in [-0.39, 0.29) is 6.04 Å². The van der Waals surface area contributed by atoms with Gasteiger partial charge >= 0.3 is 0 Å². The zero-order valence-electron chi connectivity index (χ0n) is 10.3. The van der Waals surface area contributed by atoms with E-state index >= 15 is 0 Å². The van der Waals surface area contributed by atoms with Gasteiger partial charge in [-0.3, -0.25) is 0 Å². The van der Waals surface area contributed by atoms with Crippen LogP contribution in [0.4, 0.5) is 0 Å². The van der Waals surface area contributed by atoms with E-state index in [0.717, 1.165) is 16.9 Å². The topological polar surface area (TPSA) is 61.3 Å². The predicted molar refractivity (Wildman–Crippen MR) is 73.2 cm³/mol. The Bertz CT molecular complexity index is 485. The quantitative estimate of drug-likeness (QED) is 0.845. The van der Waals surface area contributed by atoms with Crippen LogP contribution in [-0.4, -0.2) is 6.54 Å². The summed E-state index contributed by atoms with van der Waals surface area (Å²) in [6.45, 7) is 0.990. The zero-order chi connectivity index (χ0) is 12.8. The van der Waals surface area contributed by atoms with Crippen LogP contribution in [0.25, 0.3) is 0 Å². The number of benzene rings is 2. The first-order valence-electron chi connectivity index (χ1n) is 6.02. The summed E-state index contributed by atoms with van der Waals surface area (Å²) < 4.78 is 5.73. The fraction of sp³-hybridized carbons (Fsp3) is 0.200. The average Bonchev–Trinajstić information content (AvgIpc) is 2.45. The molecule has 0 aliphatic rings. The molecule has 2 aromatic rings. The molecule has 1 atom stereocenters. The molecule has 3 nitrogen and oxygen atoms in total. The SMILES string of the molecule is NCC(N)c1cccc(OCc2ccccc2)c1. The highest BCUT2D eigenvalue weighted by atomic mass is 16.5. The van der Waals surface area contributed by atoms with Crippen LogP contribution in [0.3, 0.4) is 0 Å². The lowest BCUT2D eigenvalue weighted by molar-refractivity contribution is 0.305. The summed E-state index contributed by atoms with van der Waals surface area (Å²) in [6, 6.07) is 17.7. The minimum atomic E-state index is -0.134. The minimum absolute atomic E-state index is 0.134. The average molecular weight is 242 g/mol. The Morgan fingerprint density at radius 1 is 1.00 bits per heavy atom. The van der Waals surface area contributed by atoms with Gasteiger partial charge in [0.25, 0.3) is 0 Å². The Hall–Kier alpha value is -1.84. The van der Waals surface area contributed by atoms with Crippen LogP contribution in [0.15, 0.2) is 54.6 Å². The Labute approximate surface area is 107 Å². The van der Waals surface area contributed by atoms with Crippen LogP contribution in [0.1, 0.15) is 17.2 Å². The maximum Gasteiger partial charge on any atom is 0.120 e. The highest BCUT2D eigenvalue weighted by Gasteiger charge is 2.04. The van der Waals surface area contributed by atoms with E-state index in [9.17, 15) is 0 Å². The Balaban J connectivity index is 2.01. The van der Waals surface area contributed by atoms with E-state index in [2.05, 4.69) is 0 Å². The first kappa shape index (κ1) is 12.6. The summed E-state index contributed by atoms with van der Waals surface area (Å²) in [7, 11) is 0. The molecule has 3 heteroatoms. The lowest BCUT2D eigenvalue weighted by atomic mass is 10.1. The van der Waals surface area contributed by atoms with Gasteiger partial charge in [0.15, 0.2) is 0 Å². The van der Waals surface area contributed by atoms with Crippen molar-refractivity contribution in [1.29, 1.82) is 0 Å². The predicted octanol–water partition coefficient (Wildman–Crippen LogP) is 2.22. The Kier molecular flexibility index (Phi) is 4.34. The molecule has 94 valence electrons. The molecule has 0 aliphatic carbocycles. The molecule has 0 bridgehead atoms. The summed E-state index contributed by atoms with van der Waals surface area (Å²) in [5, 5.41) is 0. The van der Waals surface area contributed by atoms with Crippen LogP contribution in [-0.2, 0) is 6.61 Å². The molecule has 0 fully saturated rings. The van der Waals surface area contributed by atoms with Crippen LogP contribution >= 0.6 is 0 Å². The number of hydrogen-bond acceptors (Lipinski definition) is 3. The van der Waals surface area contributed by atoms with E-state index in [1.807, 2.05) is 54.6 Å². The van der Waals surface area contributed by atoms with Gasteiger partial charge in [0.05, 0.1) is 0 Å². The van der Waals surface area contributed by atoms with Gasteiger partial charge in [-0.15, -0.1) is 0 Å². The monoisotopic (exact) mass is 242 g/mol. The van der Waals surface area contributed by atoms with Crippen LogP contribution in [0.2, 0.25) is 0 Å². The van der Waals surface area contributed by atoms with Crippen molar-refractivity contribution in [3.8, 4) is 5.75 Å². The van der Waals surface area contributed by atoms with E-state index < -0.39 is 0 Å². The van der Waals surface area contributed by atoms with Crippen LogP contribution in [0.5, 0.6) is 5.75 Å². The lowest BCUT2D eigenvalue weighted by Crippen LogP contribution is -2.20. The van der Waals surface area contributed by atoms with Crippen molar-refractivity contribution in [3.05, 3.63) is 65.7 Å². The van der Waals surface area contributed by atoms with Gasteiger partial charge in [-0.1, -0.05) is 42.5 Å². The van der Waals surface area contributed by atoms with Gasteiger partial charge < -0.3 is 16.2 Å². The molecule has 2 aromatic carbocycles. The van der Waals surface area contributed by atoms with Gasteiger partial charge in [-0.05, 0) is 23.3 Å². The molecule has 0 aliphatic heterocycles.